The van der Waals surface area contributed by atoms with E-state index in [2.05, 4.69) is 31.9 Å². The van der Waals surface area contributed by atoms with Gasteiger partial charge in [-0.15, -0.1) is 0 Å². The molecule has 0 radical (unpaired) electrons. The van der Waals surface area contributed by atoms with E-state index in [1.807, 2.05) is 6.07 Å². The fourth-order valence-corrected chi connectivity index (χ4v) is 2.33. The molecule has 0 atom stereocenters. The standard InChI is InChI=1S/C12H7BrF2O.C6H3BrF2O/c13-9-6-7-10(12(15)11(9)14)16-8-4-2-1-3-5-8;7-3-1-2-4(10)6(9)5(3)8/h1-7H;1-2,10H. The van der Waals surface area contributed by atoms with Gasteiger partial charge in [0.2, 0.25) is 11.6 Å². The summed E-state index contributed by atoms with van der Waals surface area (Å²) in [5, 5.41) is 8.59. The van der Waals surface area contributed by atoms with E-state index < -0.39 is 29.0 Å². The summed E-state index contributed by atoms with van der Waals surface area (Å²) < 4.78 is 56.6. The molecule has 3 aromatic rings. The van der Waals surface area contributed by atoms with E-state index in [1.54, 1.807) is 24.3 Å². The van der Waals surface area contributed by atoms with Gasteiger partial charge in [0, 0.05) is 0 Å². The van der Waals surface area contributed by atoms with Crippen LogP contribution in [0, 0.1) is 23.3 Å². The third-order valence-corrected chi connectivity index (χ3v) is 4.21. The third-order valence-electron chi connectivity index (χ3n) is 2.99. The molecular weight excluding hydrogens is 484 g/mol. The maximum atomic E-state index is 13.4. The Morgan fingerprint density at radius 2 is 1.19 bits per heavy atom. The van der Waals surface area contributed by atoms with Crippen molar-refractivity contribution < 1.29 is 27.4 Å². The van der Waals surface area contributed by atoms with E-state index in [9.17, 15) is 17.6 Å². The number of phenols is 1. The van der Waals surface area contributed by atoms with Gasteiger partial charge in [0.15, 0.2) is 23.1 Å². The molecule has 0 aliphatic heterocycles. The molecule has 0 aliphatic rings. The highest BCUT2D eigenvalue weighted by Gasteiger charge is 2.13. The molecule has 0 saturated carbocycles. The molecule has 0 unspecified atom stereocenters. The Hall–Kier alpha value is -2.06. The number of hydrogen-bond donors (Lipinski definition) is 1. The maximum absolute atomic E-state index is 13.4. The van der Waals surface area contributed by atoms with Crippen LogP contribution in [0.5, 0.6) is 17.2 Å². The van der Waals surface area contributed by atoms with Gasteiger partial charge >= 0.3 is 0 Å². The molecule has 0 spiro atoms. The Balaban J connectivity index is 0.000000209. The molecule has 0 aliphatic carbocycles. The molecule has 3 rings (SSSR count). The van der Waals surface area contributed by atoms with Crippen molar-refractivity contribution in [3.63, 3.8) is 0 Å². The first-order valence-electron chi connectivity index (χ1n) is 7.00. The van der Waals surface area contributed by atoms with Gasteiger partial charge in [0.25, 0.3) is 0 Å². The number of benzene rings is 3. The lowest BCUT2D eigenvalue weighted by Crippen LogP contribution is -1.92. The van der Waals surface area contributed by atoms with E-state index in [4.69, 9.17) is 9.84 Å². The van der Waals surface area contributed by atoms with Gasteiger partial charge in [0.1, 0.15) is 5.75 Å². The summed E-state index contributed by atoms with van der Waals surface area (Å²) in [6.45, 7) is 0. The molecule has 8 heteroatoms. The number of para-hydroxylation sites is 1. The minimum atomic E-state index is -1.23. The van der Waals surface area contributed by atoms with Crippen molar-refractivity contribution in [3.8, 4) is 17.2 Å². The lowest BCUT2D eigenvalue weighted by Gasteiger charge is -2.07. The lowest BCUT2D eigenvalue weighted by atomic mass is 10.3. The number of hydrogen-bond acceptors (Lipinski definition) is 2. The number of halogens is 6. The van der Waals surface area contributed by atoms with Crippen molar-refractivity contribution in [2.75, 3.05) is 0 Å². The van der Waals surface area contributed by atoms with E-state index in [-0.39, 0.29) is 14.7 Å². The van der Waals surface area contributed by atoms with Gasteiger partial charge in [-0.05, 0) is 68.3 Å². The summed E-state index contributed by atoms with van der Waals surface area (Å²) in [4.78, 5) is 0. The summed E-state index contributed by atoms with van der Waals surface area (Å²) in [5.74, 6) is -4.60. The lowest BCUT2D eigenvalue weighted by molar-refractivity contribution is 0.405. The van der Waals surface area contributed by atoms with Crippen LogP contribution in [0.15, 0.2) is 63.5 Å². The van der Waals surface area contributed by atoms with E-state index in [0.717, 1.165) is 6.07 Å². The normalized spacial score (nSPS) is 10.1. The Morgan fingerprint density at radius 3 is 1.77 bits per heavy atom. The molecule has 26 heavy (non-hydrogen) atoms. The molecule has 1 N–H and O–H groups in total. The van der Waals surface area contributed by atoms with Gasteiger partial charge in [-0.25, -0.2) is 8.78 Å². The SMILES string of the molecule is Fc1c(Br)ccc(Oc2ccccc2)c1F.Oc1ccc(Br)c(F)c1F. The van der Waals surface area contributed by atoms with Crippen LogP contribution < -0.4 is 4.74 Å². The van der Waals surface area contributed by atoms with Crippen molar-refractivity contribution in [3.05, 3.63) is 86.8 Å². The molecule has 0 bridgehead atoms. The van der Waals surface area contributed by atoms with Gasteiger partial charge in [0.05, 0.1) is 8.95 Å². The van der Waals surface area contributed by atoms with Gasteiger partial charge in [-0.1, -0.05) is 18.2 Å². The summed E-state index contributed by atoms with van der Waals surface area (Å²) in [5.41, 5.74) is 0. The predicted molar refractivity (Wildman–Crippen MR) is 96.3 cm³/mol. The zero-order valence-corrected chi connectivity index (χ0v) is 16.0. The van der Waals surface area contributed by atoms with E-state index in [0.29, 0.717) is 5.75 Å². The quantitative estimate of drug-likeness (QED) is 0.309. The number of ether oxygens (including phenoxy) is 1. The molecule has 136 valence electrons. The largest absolute Gasteiger partial charge is 0.505 e. The second-order valence-electron chi connectivity index (χ2n) is 4.78. The molecule has 0 heterocycles. The Morgan fingerprint density at radius 1 is 0.654 bits per heavy atom. The van der Waals surface area contributed by atoms with Gasteiger partial charge in [-0.3, -0.25) is 0 Å². The third kappa shape index (κ3) is 4.98. The summed E-state index contributed by atoms with van der Waals surface area (Å²) in [6, 6.07) is 13.7. The highest BCUT2D eigenvalue weighted by molar-refractivity contribution is 9.10. The zero-order valence-electron chi connectivity index (χ0n) is 12.8. The second kappa shape index (κ2) is 9.05. The average molecular weight is 494 g/mol. The topological polar surface area (TPSA) is 29.5 Å². The van der Waals surface area contributed by atoms with Gasteiger partial charge in [-0.2, -0.15) is 8.78 Å². The fourth-order valence-electron chi connectivity index (χ4n) is 1.72. The first kappa shape index (κ1) is 20.3. The van der Waals surface area contributed by atoms with E-state index >= 15 is 0 Å². The molecule has 3 aromatic carbocycles. The molecule has 0 amide bonds. The van der Waals surface area contributed by atoms with Crippen molar-refractivity contribution in [2.45, 2.75) is 0 Å². The van der Waals surface area contributed by atoms with Crippen LogP contribution in [-0.2, 0) is 0 Å². The van der Waals surface area contributed by atoms with Crippen molar-refractivity contribution in [1.82, 2.24) is 0 Å². The number of rotatable bonds is 2. The van der Waals surface area contributed by atoms with Crippen LogP contribution in [0.2, 0.25) is 0 Å². The highest BCUT2D eigenvalue weighted by Crippen LogP contribution is 2.29. The number of phenolic OH excluding ortho intramolecular Hbond substituents is 1. The number of aromatic hydroxyl groups is 1. The zero-order chi connectivity index (χ0) is 19.3. The Kier molecular flexibility index (Phi) is 7.05. The molecular formula is C18H10Br2F4O2. The minimum Gasteiger partial charge on any atom is -0.505 e. The van der Waals surface area contributed by atoms with Crippen molar-refractivity contribution in [1.29, 1.82) is 0 Å². The maximum Gasteiger partial charge on any atom is 0.202 e. The molecule has 0 saturated heterocycles. The predicted octanol–water partition coefficient (Wildman–Crippen LogP) is 6.95. The Labute approximate surface area is 163 Å². The van der Waals surface area contributed by atoms with Crippen LogP contribution >= 0.6 is 31.9 Å². The molecule has 0 fully saturated rings. The van der Waals surface area contributed by atoms with Crippen LogP contribution in [0.25, 0.3) is 0 Å². The van der Waals surface area contributed by atoms with E-state index in [1.165, 1.54) is 18.2 Å². The average Bonchev–Trinajstić information content (AvgIpc) is 2.65. The van der Waals surface area contributed by atoms with Crippen molar-refractivity contribution >= 4 is 31.9 Å². The van der Waals surface area contributed by atoms with Crippen molar-refractivity contribution in [2.24, 2.45) is 0 Å². The highest BCUT2D eigenvalue weighted by atomic mass is 79.9. The minimum absolute atomic E-state index is 0.00259. The van der Waals surface area contributed by atoms with Crippen LogP contribution in [0.4, 0.5) is 17.6 Å². The smallest absolute Gasteiger partial charge is 0.202 e. The monoisotopic (exact) mass is 492 g/mol. The second-order valence-corrected chi connectivity index (χ2v) is 6.49. The Bertz CT molecular complexity index is 878. The summed E-state index contributed by atoms with van der Waals surface area (Å²) in [7, 11) is 0. The van der Waals surface area contributed by atoms with Gasteiger partial charge < -0.3 is 9.84 Å². The summed E-state index contributed by atoms with van der Waals surface area (Å²) in [6.07, 6.45) is 0. The van der Waals surface area contributed by atoms with Crippen LogP contribution in [-0.4, -0.2) is 5.11 Å². The van der Waals surface area contributed by atoms with Crippen LogP contribution in [0.1, 0.15) is 0 Å². The first-order chi connectivity index (χ1) is 12.3. The fraction of sp³-hybridized carbons (Fsp3) is 0. The summed E-state index contributed by atoms with van der Waals surface area (Å²) >= 11 is 5.65. The molecule has 2 nitrogen and oxygen atoms in total. The first-order valence-corrected chi connectivity index (χ1v) is 8.58. The van der Waals surface area contributed by atoms with Crippen LogP contribution in [0.3, 0.4) is 0 Å². The molecule has 0 aromatic heterocycles.